The molecule has 1 aliphatic heterocycles. The number of aryl methyl sites for hydroxylation is 2. The van der Waals surface area contributed by atoms with Gasteiger partial charge in [0, 0.05) is 24.5 Å². The highest BCUT2D eigenvalue weighted by atomic mass is 15.3. The minimum Gasteiger partial charge on any atom is -0.370 e. The summed E-state index contributed by atoms with van der Waals surface area (Å²) in [6, 6.07) is 4.11. The van der Waals surface area contributed by atoms with Crippen LogP contribution in [0.3, 0.4) is 0 Å². The molecule has 4 nitrogen and oxygen atoms in total. The number of likely N-dealkylation sites (tertiary alicyclic amines) is 1. The van der Waals surface area contributed by atoms with Crippen molar-refractivity contribution in [2.75, 3.05) is 13.1 Å². The smallest absolute Gasteiger partial charge is 0.191 e. The maximum atomic E-state index is 5.86. The zero-order chi connectivity index (χ0) is 11.5. The van der Waals surface area contributed by atoms with Gasteiger partial charge in [-0.05, 0) is 38.0 Å². The molecule has 0 aromatic carbocycles. The Bertz CT molecular complexity index is 387. The van der Waals surface area contributed by atoms with Crippen molar-refractivity contribution in [1.29, 1.82) is 0 Å². The topological polar surface area (TPSA) is 54.5 Å². The van der Waals surface area contributed by atoms with Crippen LogP contribution in [-0.4, -0.2) is 28.9 Å². The lowest BCUT2D eigenvalue weighted by Gasteiger charge is -2.31. The fraction of sp³-hybridized carbons (Fsp3) is 0.500. The Morgan fingerprint density at radius 1 is 1.38 bits per heavy atom. The van der Waals surface area contributed by atoms with Crippen molar-refractivity contribution in [3.8, 4) is 0 Å². The predicted octanol–water partition coefficient (Wildman–Crippen LogP) is 1.22. The molecule has 0 amide bonds. The Balaban J connectivity index is 2.03. The summed E-state index contributed by atoms with van der Waals surface area (Å²) in [5, 5.41) is 0. The van der Waals surface area contributed by atoms with Crippen molar-refractivity contribution in [3.63, 3.8) is 0 Å². The normalized spacial score (nSPS) is 16.1. The van der Waals surface area contributed by atoms with E-state index in [0.717, 1.165) is 24.5 Å². The molecular weight excluding hydrogens is 200 g/mol. The Morgan fingerprint density at radius 2 is 2.00 bits per heavy atom. The number of aromatic nitrogens is 1. The second-order valence-electron chi connectivity index (χ2n) is 4.27. The summed E-state index contributed by atoms with van der Waals surface area (Å²) in [4.78, 5) is 10.8. The third-order valence-electron chi connectivity index (χ3n) is 2.74. The second kappa shape index (κ2) is 4.51. The first-order valence-corrected chi connectivity index (χ1v) is 5.64. The van der Waals surface area contributed by atoms with E-state index in [0.29, 0.717) is 12.5 Å². The fourth-order valence-corrected chi connectivity index (χ4v) is 1.83. The number of rotatable bonds is 2. The van der Waals surface area contributed by atoms with E-state index >= 15 is 0 Å². The first-order valence-electron chi connectivity index (χ1n) is 5.64. The summed E-state index contributed by atoms with van der Waals surface area (Å²) >= 11 is 0. The zero-order valence-corrected chi connectivity index (χ0v) is 9.90. The molecule has 0 aliphatic carbocycles. The number of nitrogens with two attached hydrogens (primary N) is 1. The molecule has 1 aliphatic rings. The number of hydrogen-bond donors (Lipinski definition) is 1. The molecular formula is C12H18N4. The summed E-state index contributed by atoms with van der Waals surface area (Å²) in [7, 11) is 0. The van der Waals surface area contributed by atoms with Gasteiger partial charge in [-0.1, -0.05) is 0 Å². The molecule has 0 saturated carbocycles. The van der Waals surface area contributed by atoms with Crippen LogP contribution in [0.2, 0.25) is 0 Å². The van der Waals surface area contributed by atoms with E-state index in [1.54, 1.807) is 0 Å². The van der Waals surface area contributed by atoms with Gasteiger partial charge >= 0.3 is 0 Å². The predicted molar refractivity (Wildman–Crippen MR) is 65.2 cm³/mol. The number of aliphatic imine (C=N–C) groups is 1. The number of pyridine rings is 1. The molecule has 2 N–H and O–H groups in total. The molecule has 0 bridgehead atoms. The highest BCUT2D eigenvalue weighted by Gasteiger charge is 2.15. The van der Waals surface area contributed by atoms with Gasteiger partial charge in [-0.2, -0.15) is 0 Å². The van der Waals surface area contributed by atoms with Crippen molar-refractivity contribution >= 4 is 5.96 Å². The maximum absolute atomic E-state index is 5.86. The lowest BCUT2D eigenvalue weighted by molar-refractivity contribution is 0.295. The first kappa shape index (κ1) is 10.9. The van der Waals surface area contributed by atoms with Crippen LogP contribution in [0.5, 0.6) is 0 Å². The van der Waals surface area contributed by atoms with Crippen molar-refractivity contribution in [2.24, 2.45) is 10.7 Å². The standard InChI is InChI=1S/C12H18N4/c1-9-6-11(7-10(2)15-9)8-14-12(13)16-4-3-5-16/h6-7H,3-5,8H2,1-2H3,(H2,13,14). The molecule has 86 valence electrons. The molecule has 0 unspecified atom stereocenters. The van der Waals surface area contributed by atoms with E-state index in [4.69, 9.17) is 5.73 Å². The van der Waals surface area contributed by atoms with Gasteiger partial charge < -0.3 is 10.6 Å². The van der Waals surface area contributed by atoms with Crippen molar-refractivity contribution in [2.45, 2.75) is 26.8 Å². The van der Waals surface area contributed by atoms with Crippen LogP contribution in [0.1, 0.15) is 23.4 Å². The van der Waals surface area contributed by atoms with Gasteiger partial charge in [0.15, 0.2) is 5.96 Å². The lowest BCUT2D eigenvalue weighted by Crippen LogP contribution is -2.46. The molecule has 1 fully saturated rings. The zero-order valence-electron chi connectivity index (χ0n) is 9.90. The number of hydrogen-bond acceptors (Lipinski definition) is 2. The largest absolute Gasteiger partial charge is 0.370 e. The van der Waals surface area contributed by atoms with Crippen LogP contribution in [0, 0.1) is 13.8 Å². The van der Waals surface area contributed by atoms with E-state index in [1.807, 2.05) is 13.8 Å². The van der Waals surface area contributed by atoms with Gasteiger partial charge in [-0.25, -0.2) is 4.99 Å². The Morgan fingerprint density at radius 3 is 2.50 bits per heavy atom. The van der Waals surface area contributed by atoms with Crippen LogP contribution >= 0.6 is 0 Å². The van der Waals surface area contributed by atoms with Gasteiger partial charge in [-0.15, -0.1) is 0 Å². The van der Waals surface area contributed by atoms with E-state index < -0.39 is 0 Å². The van der Waals surface area contributed by atoms with E-state index in [9.17, 15) is 0 Å². The summed E-state index contributed by atoms with van der Waals surface area (Å²) in [5.41, 5.74) is 9.11. The van der Waals surface area contributed by atoms with Crippen LogP contribution in [0.25, 0.3) is 0 Å². The number of nitrogens with zero attached hydrogens (tertiary/aromatic N) is 3. The van der Waals surface area contributed by atoms with Gasteiger partial charge in [0.25, 0.3) is 0 Å². The Hall–Kier alpha value is -1.58. The fourth-order valence-electron chi connectivity index (χ4n) is 1.83. The van der Waals surface area contributed by atoms with Crippen LogP contribution in [0.15, 0.2) is 17.1 Å². The molecule has 1 aromatic heterocycles. The Labute approximate surface area is 96.2 Å². The van der Waals surface area contributed by atoms with Gasteiger partial charge in [0.2, 0.25) is 0 Å². The first-order chi connectivity index (χ1) is 7.65. The number of guanidine groups is 1. The molecule has 4 heteroatoms. The SMILES string of the molecule is Cc1cc(CN=C(N)N2CCC2)cc(C)n1. The van der Waals surface area contributed by atoms with Crippen LogP contribution in [-0.2, 0) is 6.54 Å². The monoisotopic (exact) mass is 218 g/mol. The molecule has 1 aromatic rings. The van der Waals surface area contributed by atoms with E-state index in [-0.39, 0.29) is 0 Å². The molecule has 0 radical (unpaired) electrons. The summed E-state index contributed by atoms with van der Waals surface area (Å²) in [6.07, 6.45) is 1.23. The molecule has 16 heavy (non-hydrogen) atoms. The maximum Gasteiger partial charge on any atom is 0.191 e. The summed E-state index contributed by atoms with van der Waals surface area (Å²) in [6.45, 7) is 6.73. The minimum absolute atomic E-state index is 0.645. The summed E-state index contributed by atoms with van der Waals surface area (Å²) in [5.74, 6) is 0.665. The molecule has 1 saturated heterocycles. The highest BCUT2D eigenvalue weighted by molar-refractivity contribution is 5.78. The van der Waals surface area contributed by atoms with Gasteiger partial charge in [0.1, 0.15) is 0 Å². The lowest BCUT2D eigenvalue weighted by atomic mass is 10.2. The second-order valence-corrected chi connectivity index (χ2v) is 4.27. The quantitative estimate of drug-likeness (QED) is 0.600. The third kappa shape index (κ3) is 2.51. The highest BCUT2D eigenvalue weighted by Crippen LogP contribution is 2.08. The van der Waals surface area contributed by atoms with E-state index in [2.05, 4.69) is 27.0 Å². The Kier molecular flexibility index (Phi) is 3.08. The van der Waals surface area contributed by atoms with Crippen LogP contribution in [0.4, 0.5) is 0 Å². The summed E-state index contributed by atoms with van der Waals surface area (Å²) < 4.78 is 0. The minimum atomic E-state index is 0.645. The molecule has 0 atom stereocenters. The van der Waals surface area contributed by atoms with E-state index in [1.165, 1.54) is 12.0 Å². The molecule has 0 spiro atoms. The molecule has 2 rings (SSSR count). The van der Waals surface area contributed by atoms with Crippen LogP contribution < -0.4 is 5.73 Å². The van der Waals surface area contributed by atoms with Crippen molar-refractivity contribution < 1.29 is 0 Å². The van der Waals surface area contributed by atoms with Gasteiger partial charge in [0.05, 0.1) is 6.54 Å². The average molecular weight is 218 g/mol. The van der Waals surface area contributed by atoms with Gasteiger partial charge in [-0.3, -0.25) is 4.98 Å². The average Bonchev–Trinajstić information content (AvgIpc) is 2.10. The van der Waals surface area contributed by atoms with Crippen molar-refractivity contribution in [1.82, 2.24) is 9.88 Å². The molecule has 2 heterocycles. The third-order valence-corrected chi connectivity index (χ3v) is 2.74. The van der Waals surface area contributed by atoms with Crippen molar-refractivity contribution in [3.05, 3.63) is 29.1 Å².